The molecule has 0 saturated heterocycles. The number of allylic oxidation sites excluding steroid dienone is 2. The first-order valence-electron chi connectivity index (χ1n) is 10.3. The van der Waals surface area contributed by atoms with Crippen LogP contribution in [0, 0.1) is 16.7 Å². The van der Waals surface area contributed by atoms with Crippen molar-refractivity contribution in [2.24, 2.45) is 16.7 Å². The molecule has 0 N–H and O–H groups in total. The summed E-state index contributed by atoms with van der Waals surface area (Å²) < 4.78 is 16.8. The van der Waals surface area contributed by atoms with Crippen LogP contribution in [0.1, 0.15) is 65.4 Å². The predicted molar refractivity (Wildman–Crippen MR) is 111 cm³/mol. The van der Waals surface area contributed by atoms with Crippen LogP contribution in [-0.4, -0.2) is 20.2 Å². The number of esters is 1. The highest BCUT2D eigenvalue weighted by atomic mass is 16.5. The van der Waals surface area contributed by atoms with Gasteiger partial charge in [-0.3, -0.25) is 4.79 Å². The van der Waals surface area contributed by atoms with Crippen LogP contribution in [0.2, 0.25) is 0 Å². The van der Waals surface area contributed by atoms with Gasteiger partial charge in [0.2, 0.25) is 0 Å². The van der Waals surface area contributed by atoms with Crippen molar-refractivity contribution < 1.29 is 19.0 Å². The summed E-state index contributed by atoms with van der Waals surface area (Å²) >= 11 is 0. The summed E-state index contributed by atoms with van der Waals surface area (Å²) in [7, 11) is 3.37. The fourth-order valence-electron chi connectivity index (χ4n) is 5.73. The van der Waals surface area contributed by atoms with Gasteiger partial charge < -0.3 is 14.2 Å². The zero-order valence-corrected chi connectivity index (χ0v) is 18.2. The first-order valence-corrected chi connectivity index (χ1v) is 10.3. The van der Waals surface area contributed by atoms with Crippen LogP contribution in [-0.2, 0) is 16.0 Å². The van der Waals surface area contributed by atoms with E-state index >= 15 is 0 Å². The van der Waals surface area contributed by atoms with Crippen LogP contribution >= 0.6 is 0 Å². The normalized spacial score (nSPS) is 26.4. The van der Waals surface area contributed by atoms with Crippen molar-refractivity contribution in [3.05, 3.63) is 35.1 Å². The number of hydrogen-bond donors (Lipinski definition) is 0. The van der Waals surface area contributed by atoms with Crippen LogP contribution < -0.4 is 9.47 Å². The Hall–Kier alpha value is -1.97. The summed E-state index contributed by atoms with van der Waals surface area (Å²) in [6.45, 7) is 8.67. The van der Waals surface area contributed by atoms with Crippen LogP contribution in [0.3, 0.4) is 0 Å². The van der Waals surface area contributed by atoms with E-state index in [4.69, 9.17) is 14.2 Å². The smallest absolute Gasteiger partial charge is 0.307 e. The molecular weight excluding hydrogens is 352 g/mol. The highest BCUT2D eigenvalue weighted by Crippen LogP contribution is 2.60. The maximum atomic E-state index is 11.8. The molecule has 0 heterocycles. The third-order valence-electron chi connectivity index (χ3n) is 7.04. The zero-order valence-electron chi connectivity index (χ0n) is 18.2. The molecule has 1 saturated carbocycles. The number of methoxy groups -OCH3 is 2. The van der Waals surface area contributed by atoms with Crippen molar-refractivity contribution in [1.82, 2.24) is 0 Å². The molecule has 1 aromatic rings. The van der Waals surface area contributed by atoms with E-state index in [1.807, 2.05) is 18.2 Å². The van der Waals surface area contributed by atoms with Crippen LogP contribution in [0.5, 0.6) is 11.5 Å². The second-order valence-corrected chi connectivity index (χ2v) is 9.20. The maximum absolute atomic E-state index is 11.8. The molecule has 3 rings (SSSR count). The monoisotopic (exact) mass is 386 g/mol. The predicted octanol–water partition coefficient (Wildman–Crippen LogP) is 5.69. The minimum absolute atomic E-state index is 0.0267. The molecule has 0 bridgehead atoms. The van der Waals surface area contributed by atoms with Crippen LogP contribution in [0.25, 0.3) is 0 Å². The SMILES string of the molecule is COc1ccc(OC)c(CC2=C(OC(C)=O)CC[C@H]3C(C)(C)CCC[C@@]23C)c1. The lowest BCUT2D eigenvalue weighted by Crippen LogP contribution is -2.46. The molecule has 0 amide bonds. The summed E-state index contributed by atoms with van der Waals surface area (Å²) in [6, 6.07) is 5.91. The zero-order chi connectivity index (χ0) is 20.5. The first kappa shape index (κ1) is 20.8. The van der Waals surface area contributed by atoms with Gasteiger partial charge in [0.25, 0.3) is 0 Å². The number of rotatable bonds is 5. The molecule has 4 nitrogen and oxygen atoms in total. The fourth-order valence-corrected chi connectivity index (χ4v) is 5.73. The molecule has 2 aliphatic rings. The largest absolute Gasteiger partial charge is 0.497 e. The quantitative estimate of drug-likeness (QED) is 0.610. The summed E-state index contributed by atoms with van der Waals surface area (Å²) in [5.41, 5.74) is 2.65. The molecule has 1 aromatic carbocycles. The van der Waals surface area contributed by atoms with Gasteiger partial charge in [0.1, 0.15) is 17.3 Å². The molecule has 0 aliphatic heterocycles. The molecule has 0 radical (unpaired) electrons. The van der Waals surface area contributed by atoms with Gasteiger partial charge in [0, 0.05) is 25.3 Å². The molecule has 0 spiro atoms. The minimum atomic E-state index is -0.234. The summed E-state index contributed by atoms with van der Waals surface area (Å²) in [4.78, 5) is 11.8. The number of carbonyl (C=O) groups excluding carboxylic acids is 1. The average molecular weight is 387 g/mol. The van der Waals surface area contributed by atoms with E-state index in [1.54, 1.807) is 14.2 Å². The van der Waals surface area contributed by atoms with Gasteiger partial charge in [-0.05, 0) is 59.8 Å². The molecule has 2 atom stereocenters. The van der Waals surface area contributed by atoms with Gasteiger partial charge in [-0.2, -0.15) is 0 Å². The lowest BCUT2D eigenvalue weighted by Gasteiger charge is -2.55. The Morgan fingerprint density at radius 3 is 2.54 bits per heavy atom. The van der Waals surface area contributed by atoms with Gasteiger partial charge in [0.15, 0.2) is 0 Å². The van der Waals surface area contributed by atoms with E-state index in [1.165, 1.54) is 25.3 Å². The molecule has 154 valence electrons. The van der Waals surface area contributed by atoms with Crippen molar-refractivity contribution in [3.8, 4) is 11.5 Å². The number of fused-ring (bicyclic) bond motifs is 1. The van der Waals surface area contributed by atoms with Gasteiger partial charge in [0.05, 0.1) is 14.2 Å². The number of carbonyl (C=O) groups is 1. The van der Waals surface area contributed by atoms with E-state index in [2.05, 4.69) is 20.8 Å². The molecule has 28 heavy (non-hydrogen) atoms. The summed E-state index contributed by atoms with van der Waals surface area (Å²) in [6.07, 6.45) is 6.20. The van der Waals surface area contributed by atoms with Crippen LogP contribution in [0.15, 0.2) is 29.5 Å². The van der Waals surface area contributed by atoms with Gasteiger partial charge in [-0.1, -0.05) is 27.2 Å². The number of benzene rings is 1. The van der Waals surface area contributed by atoms with Crippen molar-refractivity contribution in [3.63, 3.8) is 0 Å². The van der Waals surface area contributed by atoms with E-state index < -0.39 is 0 Å². The Morgan fingerprint density at radius 2 is 1.89 bits per heavy atom. The van der Waals surface area contributed by atoms with E-state index in [9.17, 15) is 4.79 Å². The van der Waals surface area contributed by atoms with E-state index in [0.717, 1.165) is 42.1 Å². The highest BCUT2D eigenvalue weighted by Gasteiger charge is 2.51. The third kappa shape index (κ3) is 3.78. The van der Waals surface area contributed by atoms with Gasteiger partial charge in [-0.25, -0.2) is 0 Å². The topological polar surface area (TPSA) is 44.8 Å². The van der Waals surface area contributed by atoms with Gasteiger partial charge >= 0.3 is 5.97 Å². The van der Waals surface area contributed by atoms with Gasteiger partial charge in [-0.15, -0.1) is 0 Å². The summed E-state index contributed by atoms with van der Waals surface area (Å²) in [5, 5.41) is 0. The first-order chi connectivity index (χ1) is 13.2. The second kappa shape index (κ2) is 7.81. The molecule has 0 unspecified atom stereocenters. The molecule has 0 aromatic heterocycles. The second-order valence-electron chi connectivity index (χ2n) is 9.20. The van der Waals surface area contributed by atoms with E-state index in [0.29, 0.717) is 17.8 Å². The molecule has 1 fully saturated rings. The average Bonchev–Trinajstić information content (AvgIpc) is 2.63. The Balaban J connectivity index is 2.09. The molecule has 2 aliphatic carbocycles. The highest BCUT2D eigenvalue weighted by molar-refractivity contribution is 5.67. The Labute approximate surface area is 169 Å². The lowest BCUT2D eigenvalue weighted by molar-refractivity contribution is -0.138. The van der Waals surface area contributed by atoms with Crippen LogP contribution in [0.4, 0.5) is 0 Å². The standard InChI is InChI=1S/C24H34O4/c1-16(25)28-21-10-11-22-23(2,3)12-7-13-24(22,4)19(21)15-17-14-18(26-5)8-9-20(17)27-6/h8-9,14,22H,7,10-13,15H2,1-6H3/t22-,24-/m0/s1. The molecular formula is C24H34O4. The Bertz CT molecular complexity index is 777. The maximum Gasteiger partial charge on any atom is 0.307 e. The molecule has 4 heteroatoms. The number of hydrogen-bond acceptors (Lipinski definition) is 4. The number of ether oxygens (including phenoxy) is 3. The lowest BCUT2D eigenvalue weighted by atomic mass is 9.50. The van der Waals surface area contributed by atoms with E-state index in [-0.39, 0.29) is 11.4 Å². The Kier molecular flexibility index (Phi) is 5.79. The van der Waals surface area contributed by atoms with Crippen molar-refractivity contribution in [1.29, 1.82) is 0 Å². The minimum Gasteiger partial charge on any atom is -0.497 e. The van der Waals surface area contributed by atoms with Crippen molar-refractivity contribution in [2.75, 3.05) is 14.2 Å². The third-order valence-corrected chi connectivity index (χ3v) is 7.04. The Morgan fingerprint density at radius 1 is 1.14 bits per heavy atom. The summed E-state index contributed by atoms with van der Waals surface area (Å²) in [5.74, 6) is 2.87. The fraction of sp³-hybridized carbons (Fsp3) is 0.625. The van der Waals surface area contributed by atoms with Crippen molar-refractivity contribution in [2.45, 2.75) is 66.2 Å². The van der Waals surface area contributed by atoms with Crippen molar-refractivity contribution >= 4 is 5.97 Å².